The van der Waals surface area contributed by atoms with Gasteiger partial charge in [-0.1, -0.05) is 26.7 Å². The van der Waals surface area contributed by atoms with E-state index < -0.39 is 6.09 Å². The van der Waals surface area contributed by atoms with Gasteiger partial charge < -0.3 is 14.7 Å². The molecule has 0 radical (unpaired) electrons. The van der Waals surface area contributed by atoms with Gasteiger partial charge in [-0.05, 0) is 25.2 Å². The van der Waals surface area contributed by atoms with Crippen molar-refractivity contribution in [3.8, 4) is 12.3 Å². The summed E-state index contributed by atoms with van der Waals surface area (Å²) >= 11 is 0. The maximum absolute atomic E-state index is 11.2. The molecule has 1 fully saturated rings. The van der Waals surface area contributed by atoms with E-state index in [1.165, 1.54) is 4.90 Å². The van der Waals surface area contributed by atoms with Gasteiger partial charge in [-0.3, -0.25) is 0 Å². The van der Waals surface area contributed by atoms with Gasteiger partial charge in [0.15, 0.2) is 0 Å². The lowest BCUT2D eigenvalue weighted by Gasteiger charge is -2.44. The number of amides is 1. The first-order chi connectivity index (χ1) is 8.25. The first-order valence-electron chi connectivity index (χ1n) is 6.37. The highest BCUT2D eigenvalue weighted by molar-refractivity contribution is 5.65. The summed E-state index contributed by atoms with van der Waals surface area (Å²) in [5, 5.41) is 9.24. The fraction of sp³-hybridized carbons (Fsp3) is 0.786. The standard InChI is InChI=1S/C14H23NO3/c1-6-10(2)18-11-7-8-15(13(16)17)12(9-11)14(3,4)5/h1,10-12H,7-9H2,2-5H3,(H,16,17)/t10-,11-,12-/m1/s1. The number of nitrogens with zero attached hydrogens (tertiary/aromatic N) is 1. The van der Waals surface area contributed by atoms with Crippen LogP contribution in [-0.4, -0.2) is 40.9 Å². The van der Waals surface area contributed by atoms with Crippen LogP contribution in [0.5, 0.6) is 0 Å². The molecule has 1 N–H and O–H groups in total. The second-order valence-corrected chi connectivity index (χ2v) is 5.95. The fourth-order valence-corrected chi connectivity index (χ4v) is 2.43. The molecular formula is C14H23NO3. The minimum Gasteiger partial charge on any atom is -0.465 e. The SMILES string of the molecule is C#C[C@@H](C)O[C@@H]1CCN(C(=O)O)[C@@H](C(C)(C)C)C1. The van der Waals surface area contributed by atoms with Crippen LogP contribution in [0.1, 0.15) is 40.5 Å². The van der Waals surface area contributed by atoms with E-state index in [0.717, 1.165) is 0 Å². The Kier molecular flexibility index (Phi) is 4.64. The second kappa shape index (κ2) is 5.62. The van der Waals surface area contributed by atoms with Crippen molar-refractivity contribution in [2.45, 2.75) is 58.8 Å². The minimum atomic E-state index is -0.849. The zero-order valence-electron chi connectivity index (χ0n) is 11.6. The molecule has 102 valence electrons. The Morgan fingerprint density at radius 1 is 1.56 bits per heavy atom. The summed E-state index contributed by atoms with van der Waals surface area (Å²) in [5.74, 6) is 2.55. The fourth-order valence-electron chi connectivity index (χ4n) is 2.43. The molecule has 4 heteroatoms. The Balaban J connectivity index is 2.74. The summed E-state index contributed by atoms with van der Waals surface area (Å²) in [6.07, 6.45) is 5.72. The first kappa shape index (κ1) is 14.8. The number of likely N-dealkylation sites (tertiary alicyclic amines) is 1. The molecule has 1 rings (SSSR count). The molecule has 0 saturated carbocycles. The van der Waals surface area contributed by atoms with E-state index >= 15 is 0 Å². The second-order valence-electron chi connectivity index (χ2n) is 5.95. The molecule has 18 heavy (non-hydrogen) atoms. The highest BCUT2D eigenvalue weighted by Gasteiger charge is 2.39. The number of hydrogen-bond acceptors (Lipinski definition) is 2. The van der Waals surface area contributed by atoms with Gasteiger partial charge in [0.05, 0.1) is 6.10 Å². The van der Waals surface area contributed by atoms with Crippen molar-refractivity contribution in [1.82, 2.24) is 4.90 Å². The summed E-state index contributed by atoms with van der Waals surface area (Å²) in [5.41, 5.74) is -0.0974. The van der Waals surface area contributed by atoms with Gasteiger partial charge in [0, 0.05) is 12.6 Å². The molecule has 1 aliphatic heterocycles. The monoisotopic (exact) mass is 253 g/mol. The van der Waals surface area contributed by atoms with Crippen LogP contribution in [0, 0.1) is 17.8 Å². The maximum atomic E-state index is 11.2. The lowest BCUT2D eigenvalue weighted by atomic mass is 9.80. The molecule has 4 nitrogen and oxygen atoms in total. The Labute approximate surface area is 109 Å². The molecule has 0 aromatic heterocycles. The van der Waals surface area contributed by atoms with Crippen LogP contribution in [-0.2, 0) is 4.74 Å². The third-order valence-electron chi connectivity index (χ3n) is 3.43. The van der Waals surface area contributed by atoms with E-state index in [4.69, 9.17) is 11.2 Å². The number of rotatable bonds is 2. The van der Waals surface area contributed by atoms with Crippen molar-refractivity contribution in [2.24, 2.45) is 5.41 Å². The zero-order valence-corrected chi connectivity index (χ0v) is 11.6. The number of carboxylic acid groups (broad SMARTS) is 1. The Morgan fingerprint density at radius 3 is 2.61 bits per heavy atom. The first-order valence-corrected chi connectivity index (χ1v) is 6.37. The third kappa shape index (κ3) is 3.64. The van der Waals surface area contributed by atoms with Gasteiger partial charge in [-0.25, -0.2) is 4.79 Å². The quantitative estimate of drug-likeness (QED) is 0.769. The summed E-state index contributed by atoms with van der Waals surface area (Å²) in [6.45, 7) is 8.52. The molecule has 0 bridgehead atoms. The van der Waals surface area contributed by atoms with Crippen molar-refractivity contribution >= 4 is 6.09 Å². The molecule has 3 atom stereocenters. The molecule has 0 aromatic carbocycles. The van der Waals surface area contributed by atoms with E-state index in [0.29, 0.717) is 19.4 Å². The van der Waals surface area contributed by atoms with Crippen LogP contribution >= 0.6 is 0 Å². The molecule has 0 unspecified atom stereocenters. The molecule has 0 aliphatic carbocycles. The summed E-state index contributed by atoms with van der Waals surface area (Å²) < 4.78 is 5.74. The molecule has 1 amide bonds. The van der Waals surface area contributed by atoms with Gasteiger partial charge in [0.25, 0.3) is 0 Å². The number of piperidine rings is 1. The number of carbonyl (C=O) groups is 1. The molecule has 1 heterocycles. The maximum Gasteiger partial charge on any atom is 0.407 e. The molecular weight excluding hydrogens is 230 g/mol. The van der Waals surface area contributed by atoms with E-state index in [-0.39, 0.29) is 23.7 Å². The molecule has 0 spiro atoms. The summed E-state index contributed by atoms with van der Waals surface area (Å²) in [6, 6.07) is -0.0290. The predicted octanol–water partition coefficient (Wildman–Crippen LogP) is 2.58. The van der Waals surface area contributed by atoms with Crippen LogP contribution in [0.4, 0.5) is 4.79 Å². The molecule has 1 aliphatic rings. The molecule has 1 saturated heterocycles. The van der Waals surface area contributed by atoms with Crippen LogP contribution < -0.4 is 0 Å². The normalized spacial score (nSPS) is 26.5. The number of terminal acetylenes is 1. The van der Waals surface area contributed by atoms with Crippen molar-refractivity contribution in [2.75, 3.05) is 6.54 Å². The van der Waals surface area contributed by atoms with Gasteiger partial charge in [0.2, 0.25) is 0 Å². The average Bonchev–Trinajstić information content (AvgIpc) is 2.27. The third-order valence-corrected chi connectivity index (χ3v) is 3.43. The van der Waals surface area contributed by atoms with E-state index in [1.54, 1.807) is 0 Å². The van der Waals surface area contributed by atoms with E-state index in [9.17, 15) is 9.90 Å². The van der Waals surface area contributed by atoms with E-state index in [1.807, 2.05) is 6.92 Å². The van der Waals surface area contributed by atoms with Crippen LogP contribution in [0.3, 0.4) is 0 Å². The Bertz CT molecular complexity index is 340. The van der Waals surface area contributed by atoms with Crippen LogP contribution in [0.2, 0.25) is 0 Å². The van der Waals surface area contributed by atoms with Crippen molar-refractivity contribution in [3.05, 3.63) is 0 Å². The lowest BCUT2D eigenvalue weighted by molar-refractivity contribution is -0.0472. The Hall–Kier alpha value is -1.21. The van der Waals surface area contributed by atoms with Gasteiger partial charge in [-0.15, -0.1) is 6.42 Å². The highest BCUT2D eigenvalue weighted by atomic mass is 16.5. The number of hydrogen-bond donors (Lipinski definition) is 1. The van der Waals surface area contributed by atoms with Crippen molar-refractivity contribution < 1.29 is 14.6 Å². The van der Waals surface area contributed by atoms with Crippen molar-refractivity contribution in [1.29, 1.82) is 0 Å². The zero-order chi connectivity index (χ0) is 13.9. The smallest absolute Gasteiger partial charge is 0.407 e. The number of ether oxygens (including phenoxy) is 1. The lowest BCUT2D eigenvalue weighted by Crippen LogP contribution is -2.53. The predicted molar refractivity (Wildman–Crippen MR) is 70.4 cm³/mol. The summed E-state index contributed by atoms with van der Waals surface area (Å²) in [7, 11) is 0. The minimum absolute atomic E-state index is 0.0290. The largest absolute Gasteiger partial charge is 0.465 e. The van der Waals surface area contributed by atoms with Crippen LogP contribution in [0.25, 0.3) is 0 Å². The topological polar surface area (TPSA) is 49.8 Å². The van der Waals surface area contributed by atoms with E-state index in [2.05, 4.69) is 26.7 Å². The highest BCUT2D eigenvalue weighted by Crippen LogP contribution is 2.33. The Morgan fingerprint density at radius 2 is 2.17 bits per heavy atom. The van der Waals surface area contributed by atoms with Crippen molar-refractivity contribution in [3.63, 3.8) is 0 Å². The van der Waals surface area contributed by atoms with Gasteiger partial charge in [0.1, 0.15) is 6.10 Å². The summed E-state index contributed by atoms with van der Waals surface area (Å²) in [4.78, 5) is 12.8. The van der Waals surface area contributed by atoms with Gasteiger partial charge >= 0.3 is 6.09 Å². The molecule has 0 aromatic rings. The van der Waals surface area contributed by atoms with Gasteiger partial charge in [-0.2, -0.15) is 0 Å². The average molecular weight is 253 g/mol. The van der Waals surface area contributed by atoms with Crippen LogP contribution in [0.15, 0.2) is 0 Å².